The highest BCUT2D eigenvalue weighted by Gasteiger charge is 2.32. The molecule has 142 valence electrons. The van der Waals surface area contributed by atoms with E-state index >= 15 is 0 Å². The lowest BCUT2D eigenvalue weighted by molar-refractivity contribution is -0.137. The Hall–Kier alpha value is -2.20. The quantitative estimate of drug-likeness (QED) is 0.336. The molecular weight excluding hydrogens is 413 g/mol. The maximum atomic E-state index is 13.8. The van der Waals surface area contributed by atoms with Crippen LogP contribution in [0, 0.1) is 11.6 Å². The molecule has 3 aromatic rings. The predicted octanol–water partition coefficient (Wildman–Crippen LogP) is 5.04. The number of thioether (sulfide) groups is 1. The third kappa shape index (κ3) is 3.91. The zero-order valence-corrected chi connectivity index (χ0v) is 15.0. The van der Waals surface area contributed by atoms with Crippen LogP contribution >= 0.6 is 23.4 Å². The molecule has 27 heavy (non-hydrogen) atoms. The van der Waals surface area contributed by atoms with E-state index in [0.29, 0.717) is 0 Å². The monoisotopic (exact) mass is 421 g/mol. The minimum Gasteiger partial charge on any atom is -0.293 e. The largest absolute Gasteiger partial charge is 0.417 e. The van der Waals surface area contributed by atoms with Gasteiger partial charge < -0.3 is 0 Å². The number of pyridine rings is 1. The standard InChI is InChI=1S/C16H9ClF5N3OS/c1-7(13(26)10-5-9(18)2-3-12(10)19)27-15-24-23-14-11(17)4-8(6-25(14)15)16(20,21)22/h2-7H,1H3. The predicted molar refractivity (Wildman–Crippen MR) is 89.0 cm³/mol. The fourth-order valence-electron chi connectivity index (χ4n) is 2.29. The van der Waals surface area contributed by atoms with Gasteiger partial charge in [0.05, 0.1) is 21.4 Å². The Kier molecular flexibility index (Phi) is 5.13. The van der Waals surface area contributed by atoms with E-state index in [1.807, 2.05) is 0 Å². The van der Waals surface area contributed by atoms with Crippen LogP contribution in [0.25, 0.3) is 5.65 Å². The number of aromatic nitrogens is 3. The summed E-state index contributed by atoms with van der Waals surface area (Å²) in [5.74, 6) is -2.43. The fraction of sp³-hybridized carbons (Fsp3) is 0.188. The average Bonchev–Trinajstić information content (AvgIpc) is 2.99. The molecule has 0 spiro atoms. The Morgan fingerprint density at radius 2 is 1.93 bits per heavy atom. The highest BCUT2D eigenvalue weighted by Crippen LogP contribution is 2.34. The van der Waals surface area contributed by atoms with Crippen molar-refractivity contribution in [2.45, 2.75) is 23.5 Å². The zero-order valence-electron chi connectivity index (χ0n) is 13.4. The summed E-state index contributed by atoms with van der Waals surface area (Å²) in [6.07, 6.45) is -3.89. The molecule has 0 amide bonds. The van der Waals surface area contributed by atoms with Crippen molar-refractivity contribution in [3.63, 3.8) is 0 Å². The normalized spacial score (nSPS) is 13.1. The first-order valence-electron chi connectivity index (χ1n) is 7.35. The molecule has 4 nitrogen and oxygen atoms in total. The van der Waals surface area contributed by atoms with Gasteiger partial charge in [0.1, 0.15) is 11.6 Å². The average molecular weight is 422 g/mol. The molecule has 0 saturated heterocycles. The molecule has 11 heteroatoms. The van der Waals surface area contributed by atoms with Gasteiger partial charge in [-0.2, -0.15) is 13.2 Å². The van der Waals surface area contributed by atoms with Gasteiger partial charge in [-0.15, -0.1) is 10.2 Å². The molecule has 0 N–H and O–H groups in total. The van der Waals surface area contributed by atoms with E-state index in [-0.39, 0.29) is 15.8 Å². The van der Waals surface area contributed by atoms with Crippen LogP contribution in [0.2, 0.25) is 5.02 Å². The van der Waals surface area contributed by atoms with Crippen molar-refractivity contribution in [1.82, 2.24) is 14.6 Å². The Balaban J connectivity index is 1.95. The molecule has 0 radical (unpaired) electrons. The summed E-state index contributed by atoms with van der Waals surface area (Å²) in [4.78, 5) is 12.4. The second-order valence-electron chi connectivity index (χ2n) is 5.50. The third-order valence-corrected chi connectivity index (χ3v) is 4.94. The minimum atomic E-state index is -4.64. The van der Waals surface area contributed by atoms with E-state index in [4.69, 9.17) is 11.6 Å². The van der Waals surface area contributed by atoms with Gasteiger partial charge in [-0.05, 0) is 31.2 Å². The van der Waals surface area contributed by atoms with Crippen LogP contribution in [-0.4, -0.2) is 25.6 Å². The third-order valence-electron chi connectivity index (χ3n) is 3.60. The van der Waals surface area contributed by atoms with Crippen LogP contribution in [0.5, 0.6) is 0 Å². The summed E-state index contributed by atoms with van der Waals surface area (Å²) in [7, 11) is 0. The first-order chi connectivity index (χ1) is 12.6. The summed E-state index contributed by atoms with van der Waals surface area (Å²) in [5.41, 5.74) is -1.50. The van der Waals surface area contributed by atoms with Crippen LogP contribution < -0.4 is 0 Å². The van der Waals surface area contributed by atoms with E-state index in [9.17, 15) is 26.7 Å². The molecule has 0 aliphatic rings. The maximum Gasteiger partial charge on any atom is 0.417 e. The van der Waals surface area contributed by atoms with Crippen LogP contribution in [0.3, 0.4) is 0 Å². The molecule has 0 aliphatic heterocycles. The summed E-state index contributed by atoms with van der Waals surface area (Å²) >= 11 is 6.57. The number of carbonyl (C=O) groups is 1. The van der Waals surface area contributed by atoms with Gasteiger partial charge in [0, 0.05) is 6.20 Å². The van der Waals surface area contributed by atoms with Crippen molar-refractivity contribution in [2.75, 3.05) is 0 Å². The summed E-state index contributed by atoms with van der Waals surface area (Å²) in [5, 5.41) is 6.16. The van der Waals surface area contributed by atoms with Gasteiger partial charge in [0.2, 0.25) is 0 Å². The Morgan fingerprint density at radius 1 is 1.22 bits per heavy atom. The lowest BCUT2D eigenvalue weighted by Crippen LogP contribution is -2.16. The number of nitrogens with zero attached hydrogens (tertiary/aromatic N) is 3. The van der Waals surface area contributed by atoms with Gasteiger partial charge in [-0.3, -0.25) is 9.20 Å². The number of carbonyl (C=O) groups excluding carboxylic acids is 1. The zero-order chi connectivity index (χ0) is 19.9. The molecule has 1 unspecified atom stereocenters. The van der Waals surface area contributed by atoms with Gasteiger partial charge >= 0.3 is 6.18 Å². The van der Waals surface area contributed by atoms with E-state index in [2.05, 4.69) is 10.2 Å². The van der Waals surface area contributed by atoms with E-state index in [1.54, 1.807) is 0 Å². The number of Topliss-reactive ketones (excluding diaryl/α,β-unsaturated/α-hetero) is 1. The number of hydrogen-bond donors (Lipinski definition) is 0. The van der Waals surface area contributed by atoms with Crippen molar-refractivity contribution in [3.05, 3.63) is 58.2 Å². The number of fused-ring (bicyclic) bond motifs is 1. The number of rotatable bonds is 4. The highest BCUT2D eigenvalue weighted by atomic mass is 35.5. The summed E-state index contributed by atoms with van der Waals surface area (Å²) in [6.45, 7) is 1.40. The SMILES string of the molecule is CC(Sc1nnc2c(Cl)cc(C(F)(F)F)cn12)C(=O)c1cc(F)ccc1F. The van der Waals surface area contributed by atoms with Gasteiger partial charge in [0.15, 0.2) is 16.6 Å². The van der Waals surface area contributed by atoms with Crippen LogP contribution in [0.4, 0.5) is 22.0 Å². The summed E-state index contributed by atoms with van der Waals surface area (Å²) in [6, 6.07) is 3.17. The van der Waals surface area contributed by atoms with E-state index < -0.39 is 40.0 Å². The van der Waals surface area contributed by atoms with Gasteiger partial charge in [0.25, 0.3) is 0 Å². The van der Waals surface area contributed by atoms with Gasteiger partial charge in [-0.1, -0.05) is 23.4 Å². The molecule has 1 aromatic carbocycles. The van der Waals surface area contributed by atoms with Crippen molar-refractivity contribution in [1.29, 1.82) is 0 Å². The van der Waals surface area contributed by atoms with Crippen LogP contribution in [0.1, 0.15) is 22.8 Å². The van der Waals surface area contributed by atoms with Crippen molar-refractivity contribution in [2.24, 2.45) is 0 Å². The number of alkyl halides is 3. The number of ketones is 1. The van der Waals surface area contributed by atoms with E-state index in [1.165, 1.54) is 6.92 Å². The smallest absolute Gasteiger partial charge is 0.293 e. The van der Waals surface area contributed by atoms with Crippen molar-refractivity contribution >= 4 is 34.8 Å². The first-order valence-corrected chi connectivity index (χ1v) is 8.61. The summed E-state index contributed by atoms with van der Waals surface area (Å²) < 4.78 is 67.0. The number of hydrogen-bond acceptors (Lipinski definition) is 4. The number of halogens is 6. The molecule has 3 rings (SSSR count). The Labute approximate surface area is 158 Å². The molecule has 0 fully saturated rings. The lowest BCUT2D eigenvalue weighted by Gasteiger charge is -2.11. The molecule has 2 aromatic heterocycles. The topological polar surface area (TPSA) is 47.3 Å². The maximum absolute atomic E-state index is 13.8. The Morgan fingerprint density at radius 3 is 2.59 bits per heavy atom. The van der Waals surface area contributed by atoms with Crippen LogP contribution in [0.15, 0.2) is 35.6 Å². The second kappa shape index (κ2) is 7.08. The van der Waals surface area contributed by atoms with Gasteiger partial charge in [-0.25, -0.2) is 8.78 Å². The minimum absolute atomic E-state index is 0.0243. The molecule has 0 saturated carbocycles. The lowest BCUT2D eigenvalue weighted by atomic mass is 10.1. The fourth-order valence-corrected chi connectivity index (χ4v) is 3.42. The molecule has 2 heterocycles. The van der Waals surface area contributed by atoms with E-state index in [0.717, 1.165) is 46.6 Å². The molecule has 1 atom stereocenters. The molecule has 0 bridgehead atoms. The molecule has 0 aliphatic carbocycles. The highest BCUT2D eigenvalue weighted by molar-refractivity contribution is 8.00. The number of benzene rings is 1. The first kappa shape index (κ1) is 19.6. The second-order valence-corrected chi connectivity index (χ2v) is 7.21. The Bertz CT molecular complexity index is 1040. The van der Waals surface area contributed by atoms with Crippen molar-refractivity contribution < 1.29 is 26.7 Å². The van der Waals surface area contributed by atoms with Crippen molar-refractivity contribution in [3.8, 4) is 0 Å². The van der Waals surface area contributed by atoms with Crippen LogP contribution in [-0.2, 0) is 6.18 Å². The molecular formula is C16H9ClF5N3OS.